The Balaban J connectivity index is 1.76. The molecule has 1 saturated heterocycles. The maximum Gasteiger partial charge on any atom is 0.165 e. The average Bonchev–Trinajstić information content (AvgIpc) is 2.83. The molecule has 2 aliphatic rings. The average molecular weight is 507 g/mol. The Bertz CT molecular complexity index is 1230. The summed E-state index contributed by atoms with van der Waals surface area (Å²) in [5.41, 5.74) is 4.25. The maximum absolute atomic E-state index is 15.2. The van der Waals surface area contributed by atoms with Gasteiger partial charge in [0.2, 0.25) is 0 Å². The molecule has 0 amide bonds. The summed E-state index contributed by atoms with van der Waals surface area (Å²) in [5, 5.41) is 18.5. The molecule has 1 aromatic heterocycles. The minimum atomic E-state index is -0.573. The van der Waals surface area contributed by atoms with E-state index < -0.39 is 11.9 Å². The minimum Gasteiger partial charge on any atom is -0.491 e. The lowest BCUT2D eigenvalue weighted by atomic mass is 9.71. The number of rotatable bonds is 9. The van der Waals surface area contributed by atoms with E-state index in [0.29, 0.717) is 23.6 Å². The topological polar surface area (TPSA) is 82.3 Å². The fourth-order valence-electron chi connectivity index (χ4n) is 5.48. The Hall–Kier alpha value is -3.06. The second-order valence-corrected chi connectivity index (χ2v) is 10.8. The number of aliphatic hydroxyl groups excluding tert-OH is 1. The van der Waals surface area contributed by atoms with Crippen molar-refractivity contribution >= 4 is 17.1 Å². The number of allylic oxidation sites excluding steroid dienone is 4. The van der Waals surface area contributed by atoms with Crippen LogP contribution in [0.1, 0.15) is 71.1 Å². The van der Waals surface area contributed by atoms with Gasteiger partial charge in [0.25, 0.3) is 0 Å². The van der Waals surface area contributed by atoms with E-state index in [1.54, 1.807) is 19.1 Å². The van der Waals surface area contributed by atoms with Crippen molar-refractivity contribution in [2.45, 2.75) is 72.8 Å². The predicted molar refractivity (Wildman–Crippen MR) is 148 cm³/mol. The van der Waals surface area contributed by atoms with Crippen LogP contribution in [0, 0.1) is 23.6 Å². The van der Waals surface area contributed by atoms with Crippen LogP contribution < -0.4 is 9.64 Å². The van der Waals surface area contributed by atoms with E-state index in [1.165, 1.54) is 12.5 Å². The molecule has 1 aliphatic heterocycles. The van der Waals surface area contributed by atoms with Gasteiger partial charge >= 0.3 is 0 Å². The van der Waals surface area contributed by atoms with Crippen molar-refractivity contribution in [3.05, 3.63) is 53.0 Å². The molecule has 0 saturated carbocycles. The smallest absolute Gasteiger partial charge is 0.165 e. The van der Waals surface area contributed by atoms with E-state index in [1.807, 2.05) is 27.7 Å². The first-order chi connectivity index (χ1) is 17.6. The lowest BCUT2D eigenvalue weighted by Gasteiger charge is -2.52. The molecular formula is C30H39FN4O2. The Kier molecular flexibility index (Phi) is 8.12. The molecule has 0 unspecified atom stereocenters. The van der Waals surface area contributed by atoms with Crippen LogP contribution in [-0.4, -0.2) is 46.6 Å². The van der Waals surface area contributed by atoms with E-state index in [2.05, 4.69) is 17.1 Å². The molecule has 7 heteroatoms. The standard InChI is InChI=1S/C30H39FN4O2/c1-6-10-22(36)16-37-23-11-12-25(31)24(15-23)28-33-27(26(19(2)3)21(5)32)20(4)29(34-28)35-17-30(18-35)13-8-7-9-14-30/h7-8,11-12,15,22,32,36H,6,9-10,13-14,16-18H2,1-5H3/t22-/m1/s1. The Labute approximate surface area is 219 Å². The van der Waals surface area contributed by atoms with Crippen LogP contribution in [0.5, 0.6) is 5.75 Å². The zero-order valence-electron chi connectivity index (χ0n) is 22.7. The van der Waals surface area contributed by atoms with E-state index in [0.717, 1.165) is 54.9 Å². The number of anilines is 1. The van der Waals surface area contributed by atoms with Crippen molar-refractivity contribution in [3.63, 3.8) is 0 Å². The third-order valence-electron chi connectivity index (χ3n) is 7.39. The SMILES string of the molecule is CCC[C@@H](O)COc1ccc(F)c(-c2nc(C(C(C)=N)=C(C)C)c(C)c(N3CC4(CC=CCC4)C3)n2)c1. The number of aliphatic hydroxyl groups is 1. The highest BCUT2D eigenvalue weighted by atomic mass is 19.1. The van der Waals surface area contributed by atoms with Gasteiger partial charge in [-0.05, 0) is 71.6 Å². The molecule has 4 rings (SSSR count). The second kappa shape index (κ2) is 11.1. The minimum absolute atomic E-state index is 0.142. The van der Waals surface area contributed by atoms with Crippen molar-refractivity contribution < 1.29 is 14.2 Å². The summed E-state index contributed by atoms with van der Waals surface area (Å²) in [6, 6.07) is 4.53. The molecule has 6 nitrogen and oxygen atoms in total. The zero-order valence-corrected chi connectivity index (χ0v) is 22.7. The maximum atomic E-state index is 15.2. The number of nitrogens with one attached hydrogen (secondary N) is 1. The predicted octanol–water partition coefficient (Wildman–Crippen LogP) is 6.51. The monoisotopic (exact) mass is 506 g/mol. The highest BCUT2D eigenvalue weighted by Crippen LogP contribution is 2.45. The summed E-state index contributed by atoms with van der Waals surface area (Å²) in [6.45, 7) is 11.7. The molecule has 2 heterocycles. The Morgan fingerprint density at radius 2 is 1.97 bits per heavy atom. The highest BCUT2D eigenvalue weighted by Gasteiger charge is 2.43. The van der Waals surface area contributed by atoms with Crippen LogP contribution in [0.2, 0.25) is 0 Å². The normalized spacial score (nSPS) is 16.9. The molecule has 1 fully saturated rings. The van der Waals surface area contributed by atoms with Gasteiger partial charge in [-0.1, -0.05) is 31.1 Å². The lowest BCUT2D eigenvalue weighted by Crippen LogP contribution is -2.57. The molecule has 1 aliphatic carbocycles. The summed E-state index contributed by atoms with van der Waals surface area (Å²) >= 11 is 0. The third-order valence-corrected chi connectivity index (χ3v) is 7.39. The molecular weight excluding hydrogens is 467 g/mol. The van der Waals surface area contributed by atoms with Gasteiger partial charge in [0.05, 0.1) is 17.4 Å². The lowest BCUT2D eigenvalue weighted by molar-refractivity contribution is 0.0993. The first kappa shape index (κ1) is 27.0. The fourth-order valence-corrected chi connectivity index (χ4v) is 5.48. The van der Waals surface area contributed by atoms with E-state index in [4.69, 9.17) is 20.1 Å². The van der Waals surface area contributed by atoms with Gasteiger partial charge in [-0.3, -0.25) is 0 Å². The van der Waals surface area contributed by atoms with E-state index in [9.17, 15) is 5.11 Å². The van der Waals surface area contributed by atoms with Crippen LogP contribution in [0.3, 0.4) is 0 Å². The van der Waals surface area contributed by atoms with E-state index >= 15 is 4.39 Å². The Morgan fingerprint density at radius 1 is 1.22 bits per heavy atom. The van der Waals surface area contributed by atoms with Crippen molar-refractivity contribution in [2.24, 2.45) is 5.41 Å². The molecule has 1 aromatic carbocycles. The van der Waals surface area contributed by atoms with Crippen molar-refractivity contribution in [1.29, 1.82) is 5.41 Å². The molecule has 0 bridgehead atoms. The molecule has 198 valence electrons. The number of hydrogen-bond acceptors (Lipinski definition) is 6. The number of ether oxygens (including phenoxy) is 1. The summed E-state index contributed by atoms with van der Waals surface area (Å²) < 4.78 is 20.9. The fraction of sp³-hybridized carbons (Fsp3) is 0.500. The summed E-state index contributed by atoms with van der Waals surface area (Å²) in [5.74, 6) is 1.09. The van der Waals surface area contributed by atoms with Crippen molar-refractivity contribution in [1.82, 2.24) is 9.97 Å². The van der Waals surface area contributed by atoms with Crippen LogP contribution in [0.25, 0.3) is 17.0 Å². The first-order valence-corrected chi connectivity index (χ1v) is 13.3. The molecule has 37 heavy (non-hydrogen) atoms. The van der Waals surface area contributed by atoms with Crippen LogP contribution in [0.4, 0.5) is 10.2 Å². The van der Waals surface area contributed by atoms with Gasteiger partial charge in [-0.25, -0.2) is 14.4 Å². The first-order valence-electron chi connectivity index (χ1n) is 13.3. The van der Waals surface area contributed by atoms with Crippen LogP contribution in [0.15, 0.2) is 35.9 Å². The summed E-state index contributed by atoms with van der Waals surface area (Å²) in [6.07, 6.45) is 8.81. The number of aromatic nitrogens is 2. The molecule has 2 aromatic rings. The number of benzene rings is 1. The quantitative estimate of drug-likeness (QED) is 0.299. The number of nitrogens with zero attached hydrogens (tertiary/aromatic N) is 3. The van der Waals surface area contributed by atoms with Crippen LogP contribution in [-0.2, 0) is 0 Å². The highest BCUT2D eigenvalue weighted by molar-refractivity contribution is 6.22. The summed E-state index contributed by atoms with van der Waals surface area (Å²) in [7, 11) is 0. The van der Waals surface area contributed by atoms with Crippen LogP contribution >= 0.6 is 0 Å². The summed E-state index contributed by atoms with van der Waals surface area (Å²) in [4.78, 5) is 12.0. The van der Waals surface area contributed by atoms with Gasteiger partial charge in [0.15, 0.2) is 5.82 Å². The Morgan fingerprint density at radius 3 is 2.59 bits per heavy atom. The van der Waals surface area contributed by atoms with Crippen molar-refractivity contribution in [3.8, 4) is 17.1 Å². The van der Waals surface area contributed by atoms with Gasteiger partial charge in [0.1, 0.15) is 24.0 Å². The van der Waals surface area contributed by atoms with Gasteiger partial charge in [-0.2, -0.15) is 0 Å². The molecule has 1 atom stereocenters. The number of hydrogen-bond donors (Lipinski definition) is 2. The zero-order chi connectivity index (χ0) is 26.7. The van der Waals surface area contributed by atoms with Gasteiger partial charge < -0.3 is 20.2 Å². The molecule has 0 radical (unpaired) electrons. The molecule has 1 spiro atoms. The third kappa shape index (κ3) is 5.77. The largest absolute Gasteiger partial charge is 0.491 e. The van der Waals surface area contributed by atoms with E-state index in [-0.39, 0.29) is 23.4 Å². The second-order valence-electron chi connectivity index (χ2n) is 10.8. The number of halogens is 1. The van der Waals surface area contributed by atoms with Gasteiger partial charge in [-0.15, -0.1) is 0 Å². The van der Waals surface area contributed by atoms with Crippen molar-refractivity contribution in [2.75, 3.05) is 24.6 Å². The van der Waals surface area contributed by atoms with Gasteiger partial charge in [0, 0.05) is 35.4 Å². The molecule has 2 N–H and O–H groups in total.